The molecule has 3 amide bonds. The van der Waals surface area contributed by atoms with Gasteiger partial charge in [-0.05, 0) is 27.7 Å². The summed E-state index contributed by atoms with van der Waals surface area (Å²) in [6, 6.07) is -1.48. The fourth-order valence-corrected chi connectivity index (χ4v) is 1.62. The molecule has 0 aromatic heterocycles. The van der Waals surface area contributed by atoms with Crippen molar-refractivity contribution >= 4 is 23.9 Å². The Kier molecular flexibility index (Phi) is 5.48. The molecule has 2 N–H and O–H groups in total. The number of carbonyl (C=O) groups excluding carboxylic acids is 4. The average molecular weight is 316 g/mol. The number of carbonyl (C=O) groups is 4. The van der Waals surface area contributed by atoms with E-state index in [2.05, 4.69) is 10.2 Å². The van der Waals surface area contributed by atoms with Gasteiger partial charge < -0.3 is 20.0 Å². The molecular weight excluding hydrogens is 296 g/mol. The van der Waals surface area contributed by atoms with Gasteiger partial charge in [0.1, 0.15) is 5.60 Å². The maximum Gasteiger partial charge on any atom is 0.408 e. The highest BCUT2D eigenvalue weighted by Crippen LogP contribution is 2.14. The highest BCUT2D eigenvalue weighted by molar-refractivity contribution is 6.01. The standard InChI is InChI=1S/C13H20N2O7/c1-7(16)10(14-12(20)21-13(2,3)4)11(19)22-15-8(17)5-6-9(15)18/h7,10,16H,5-6H2,1-4H3,(H,14,20)/t7-,10+/m1/s1. The molecule has 2 atom stereocenters. The Labute approximate surface area is 127 Å². The van der Waals surface area contributed by atoms with Gasteiger partial charge in [0.25, 0.3) is 11.8 Å². The smallest absolute Gasteiger partial charge is 0.408 e. The summed E-state index contributed by atoms with van der Waals surface area (Å²) in [4.78, 5) is 51.0. The van der Waals surface area contributed by atoms with E-state index < -0.39 is 41.6 Å². The fourth-order valence-electron chi connectivity index (χ4n) is 1.62. The van der Waals surface area contributed by atoms with Gasteiger partial charge in [-0.2, -0.15) is 0 Å². The molecule has 0 aromatic carbocycles. The van der Waals surface area contributed by atoms with Crippen molar-refractivity contribution in [3.8, 4) is 0 Å². The van der Waals surface area contributed by atoms with E-state index in [1.54, 1.807) is 20.8 Å². The summed E-state index contributed by atoms with van der Waals surface area (Å²) in [6.07, 6.45) is -2.35. The van der Waals surface area contributed by atoms with E-state index in [-0.39, 0.29) is 12.8 Å². The van der Waals surface area contributed by atoms with E-state index in [9.17, 15) is 24.3 Å². The zero-order chi connectivity index (χ0) is 17.1. The lowest BCUT2D eigenvalue weighted by Gasteiger charge is -2.24. The van der Waals surface area contributed by atoms with Crippen molar-refractivity contribution in [1.29, 1.82) is 0 Å². The van der Waals surface area contributed by atoms with Gasteiger partial charge in [-0.1, -0.05) is 0 Å². The van der Waals surface area contributed by atoms with Crippen molar-refractivity contribution in [2.24, 2.45) is 0 Å². The Morgan fingerprint density at radius 3 is 2.14 bits per heavy atom. The molecule has 0 aliphatic carbocycles. The van der Waals surface area contributed by atoms with Crippen LogP contribution in [0.3, 0.4) is 0 Å². The number of hydrogen-bond donors (Lipinski definition) is 2. The molecule has 1 fully saturated rings. The third kappa shape index (κ3) is 4.99. The van der Waals surface area contributed by atoms with Gasteiger partial charge in [0, 0.05) is 12.8 Å². The Hall–Kier alpha value is -2.16. The van der Waals surface area contributed by atoms with Crippen LogP contribution < -0.4 is 5.32 Å². The molecular formula is C13H20N2O7. The zero-order valence-electron chi connectivity index (χ0n) is 12.9. The van der Waals surface area contributed by atoms with E-state index >= 15 is 0 Å². The molecule has 9 heteroatoms. The number of imide groups is 1. The number of rotatable bonds is 4. The number of aliphatic hydroxyl groups is 1. The molecule has 124 valence electrons. The zero-order valence-corrected chi connectivity index (χ0v) is 12.9. The first kappa shape index (κ1) is 17.9. The summed E-state index contributed by atoms with van der Waals surface area (Å²) in [5.74, 6) is -2.44. The van der Waals surface area contributed by atoms with Gasteiger partial charge in [0.15, 0.2) is 6.04 Å². The molecule has 0 unspecified atom stereocenters. The molecule has 0 aromatic rings. The summed E-state index contributed by atoms with van der Waals surface area (Å²) in [6.45, 7) is 6.13. The number of hydroxylamine groups is 2. The van der Waals surface area contributed by atoms with Crippen molar-refractivity contribution < 1.29 is 33.9 Å². The van der Waals surface area contributed by atoms with Crippen LogP contribution in [0.5, 0.6) is 0 Å². The van der Waals surface area contributed by atoms with Crippen molar-refractivity contribution in [3.63, 3.8) is 0 Å². The molecule has 1 aliphatic rings. The summed E-state index contributed by atoms with van der Waals surface area (Å²) in [5, 5.41) is 12.1. The lowest BCUT2D eigenvalue weighted by atomic mass is 10.2. The number of amides is 3. The Morgan fingerprint density at radius 1 is 1.23 bits per heavy atom. The summed E-state index contributed by atoms with van der Waals surface area (Å²) in [5.41, 5.74) is -0.794. The molecule has 1 heterocycles. The monoisotopic (exact) mass is 316 g/mol. The summed E-state index contributed by atoms with van der Waals surface area (Å²) < 4.78 is 4.96. The lowest BCUT2D eigenvalue weighted by molar-refractivity contribution is -0.200. The van der Waals surface area contributed by atoms with Gasteiger partial charge in [0.2, 0.25) is 0 Å². The third-order valence-corrected chi connectivity index (χ3v) is 2.60. The predicted octanol–water partition coefficient (Wildman–Crippen LogP) is -0.132. The fraction of sp³-hybridized carbons (Fsp3) is 0.692. The number of ether oxygens (including phenoxy) is 1. The minimum absolute atomic E-state index is 0.0506. The second-order valence-corrected chi connectivity index (χ2v) is 5.86. The number of hydrogen-bond acceptors (Lipinski definition) is 7. The van der Waals surface area contributed by atoms with Crippen LogP contribution in [0, 0.1) is 0 Å². The highest BCUT2D eigenvalue weighted by Gasteiger charge is 2.37. The van der Waals surface area contributed by atoms with Gasteiger partial charge in [-0.3, -0.25) is 9.59 Å². The minimum Gasteiger partial charge on any atom is -0.444 e. The highest BCUT2D eigenvalue weighted by atomic mass is 16.7. The second kappa shape index (κ2) is 6.73. The van der Waals surface area contributed by atoms with Crippen molar-refractivity contribution in [3.05, 3.63) is 0 Å². The largest absolute Gasteiger partial charge is 0.444 e. The first-order chi connectivity index (χ1) is 10.0. The molecule has 1 saturated heterocycles. The van der Waals surface area contributed by atoms with E-state index in [0.29, 0.717) is 5.06 Å². The van der Waals surface area contributed by atoms with Crippen molar-refractivity contribution in [2.45, 2.75) is 58.3 Å². The van der Waals surface area contributed by atoms with Crippen LogP contribution >= 0.6 is 0 Å². The van der Waals surface area contributed by atoms with Crippen LogP contribution in [0.15, 0.2) is 0 Å². The first-order valence-corrected chi connectivity index (χ1v) is 6.76. The molecule has 0 bridgehead atoms. The van der Waals surface area contributed by atoms with Gasteiger partial charge >= 0.3 is 12.1 Å². The molecule has 0 spiro atoms. The molecule has 1 aliphatic heterocycles. The molecule has 1 rings (SSSR count). The minimum atomic E-state index is -1.48. The quantitative estimate of drug-likeness (QED) is 0.692. The first-order valence-electron chi connectivity index (χ1n) is 6.76. The van der Waals surface area contributed by atoms with Gasteiger partial charge in [-0.25, -0.2) is 9.59 Å². The lowest BCUT2D eigenvalue weighted by Crippen LogP contribution is -2.51. The molecule has 0 saturated carbocycles. The third-order valence-electron chi connectivity index (χ3n) is 2.60. The van der Waals surface area contributed by atoms with Crippen LogP contribution in [0.4, 0.5) is 4.79 Å². The van der Waals surface area contributed by atoms with Crippen LogP contribution in [-0.4, -0.2) is 51.8 Å². The summed E-state index contributed by atoms with van der Waals surface area (Å²) in [7, 11) is 0. The van der Waals surface area contributed by atoms with E-state index in [0.717, 1.165) is 0 Å². The number of nitrogens with one attached hydrogen (secondary N) is 1. The number of alkyl carbamates (subject to hydrolysis) is 1. The molecule has 9 nitrogen and oxygen atoms in total. The van der Waals surface area contributed by atoms with Crippen molar-refractivity contribution in [1.82, 2.24) is 10.4 Å². The maximum atomic E-state index is 11.9. The van der Waals surface area contributed by atoms with E-state index in [1.807, 2.05) is 0 Å². The van der Waals surface area contributed by atoms with Gasteiger partial charge in [0.05, 0.1) is 6.10 Å². The number of aliphatic hydroxyl groups excluding tert-OH is 1. The van der Waals surface area contributed by atoms with Crippen LogP contribution in [-0.2, 0) is 24.0 Å². The van der Waals surface area contributed by atoms with E-state index in [4.69, 9.17) is 4.74 Å². The predicted molar refractivity (Wildman–Crippen MR) is 72.0 cm³/mol. The second-order valence-electron chi connectivity index (χ2n) is 5.86. The summed E-state index contributed by atoms with van der Waals surface area (Å²) >= 11 is 0. The van der Waals surface area contributed by atoms with Crippen molar-refractivity contribution in [2.75, 3.05) is 0 Å². The molecule has 0 radical (unpaired) electrons. The Balaban J connectivity index is 2.70. The topological polar surface area (TPSA) is 122 Å². The normalized spacial score (nSPS) is 18.0. The van der Waals surface area contributed by atoms with Gasteiger partial charge in [-0.15, -0.1) is 5.06 Å². The van der Waals surface area contributed by atoms with Crippen LogP contribution in [0.1, 0.15) is 40.5 Å². The number of nitrogens with zero attached hydrogens (tertiary/aromatic N) is 1. The van der Waals surface area contributed by atoms with Crippen LogP contribution in [0.25, 0.3) is 0 Å². The Morgan fingerprint density at radius 2 is 1.73 bits per heavy atom. The van der Waals surface area contributed by atoms with Crippen LogP contribution in [0.2, 0.25) is 0 Å². The molecule has 22 heavy (non-hydrogen) atoms. The SMILES string of the molecule is C[C@@H](O)[C@H](NC(=O)OC(C)(C)C)C(=O)ON1C(=O)CCC1=O. The Bertz CT molecular complexity index is 465. The van der Waals surface area contributed by atoms with E-state index in [1.165, 1.54) is 6.92 Å². The maximum absolute atomic E-state index is 11.9. The average Bonchev–Trinajstić information content (AvgIpc) is 2.65.